The lowest BCUT2D eigenvalue weighted by atomic mass is 10.4. The van der Waals surface area contributed by atoms with Crippen LogP contribution in [0.3, 0.4) is 0 Å². The van der Waals surface area contributed by atoms with Crippen molar-refractivity contribution in [2.24, 2.45) is 7.05 Å². The number of alkyl halides is 1. The summed E-state index contributed by atoms with van der Waals surface area (Å²) >= 11 is 0. The van der Waals surface area contributed by atoms with Gasteiger partial charge in [0, 0.05) is 7.05 Å². The van der Waals surface area contributed by atoms with Gasteiger partial charge in [0.1, 0.15) is 12.0 Å². The van der Waals surface area contributed by atoms with E-state index in [4.69, 9.17) is 0 Å². The van der Waals surface area contributed by atoms with Crippen LogP contribution in [0.4, 0.5) is 4.39 Å². The molecule has 0 amide bonds. The highest BCUT2D eigenvalue weighted by Gasteiger charge is 2.18. The number of aromatic nitrogens is 5. The molecule has 0 aliphatic carbocycles. The maximum atomic E-state index is 13.7. The first kappa shape index (κ1) is 16.3. The standard InChI is InChI=1S/C10H14FN5O5S/c1-6-13-16-8(14(6)2)12-9(17)15(10(16)18)4-7(11)5-21-22(3,19)20/h7H,4-5H2,1-3H3/t7-/m0/s1. The van der Waals surface area contributed by atoms with Crippen molar-refractivity contribution in [3.63, 3.8) is 0 Å². The molecule has 0 fully saturated rings. The highest BCUT2D eigenvalue weighted by Crippen LogP contribution is 1.99. The molecule has 0 N–H and O–H groups in total. The summed E-state index contributed by atoms with van der Waals surface area (Å²) in [5.41, 5.74) is -1.81. The molecule has 0 unspecified atom stereocenters. The van der Waals surface area contributed by atoms with Gasteiger partial charge in [-0.25, -0.2) is 18.5 Å². The van der Waals surface area contributed by atoms with Crippen LogP contribution in [0.5, 0.6) is 0 Å². The minimum Gasteiger partial charge on any atom is -0.300 e. The molecule has 0 bridgehead atoms. The average Bonchev–Trinajstić information content (AvgIpc) is 2.68. The summed E-state index contributed by atoms with van der Waals surface area (Å²) in [7, 11) is -2.24. The van der Waals surface area contributed by atoms with Gasteiger partial charge in [0.15, 0.2) is 0 Å². The fourth-order valence-corrected chi connectivity index (χ4v) is 2.14. The van der Waals surface area contributed by atoms with Crippen LogP contribution in [0.2, 0.25) is 0 Å². The molecule has 0 aromatic carbocycles. The SMILES string of the molecule is Cc1nn2c(=O)n(C[C@H](F)COS(C)(=O)=O)c(=O)nc2n1C. The lowest BCUT2D eigenvalue weighted by molar-refractivity contribution is 0.180. The van der Waals surface area contributed by atoms with Crippen molar-refractivity contribution in [3.8, 4) is 0 Å². The first-order valence-electron chi connectivity index (χ1n) is 6.12. The van der Waals surface area contributed by atoms with E-state index in [9.17, 15) is 22.4 Å². The number of aryl methyl sites for hydroxylation is 2. The zero-order valence-corrected chi connectivity index (χ0v) is 12.9. The van der Waals surface area contributed by atoms with E-state index in [0.717, 1.165) is 10.8 Å². The fourth-order valence-electron chi connectivity index (χ4n) is 1.74. The minimum absolute atomic E-state index is 0.0338. The molecule has 2 rings (SSSR count). The van der Waals surface area contributed by atoms with Gasteiger partial charge in [0.2, 0.25) is 5.78 Å². The van der Waals surface area contributed by atoms with Gasteiger partial charge in [-0.05, 0) is 6.92 Å². The summed E-state index contributed by atoms with van der Waals surface area (Å²) in [6.45, 7) is 0.133. The molecule has 0 saturated heterocycles. The Balaban J connectivity index is 2.36. The summed E-state index contributed by atoms with van der Waals surface area (Å²) < 4.78 is 42.4. The van der Waals surface area contributed by atoms with Gasteiger partial charge < -0.3 is 0 Å². The van der Waals surface area contributed by atoms with Gasteiger partial charge in [0.05, 0.1) is 19.4 Å². The predicted octanol–water partition coefficient (Wildman–Crippen LogP) is -1.79. The molecule has 0 aliphatic rings. The first-order valence-corrected chi connectivity index (χ1v) is 7.93. The summed E-state index contributed by atoms with van der Waals surface area (Å²) in [6, 6.07) is 0. The average molecular weight is 335 g/mol. The molecule has 1 atom stereocenters. The number of nitrogens with zero attached hydrogens (tertiary/aromatic N) is 5. The summed E-state index contributed by atoms with van der Waals surface area (Å²) in [4.78, 5) is 27.6. The van der Waals surface area contributed by atoms with Crippen molar-refractivity contribution in [2.45, 2.75) is 19.6 Å². The van der Waals surface area contributed by atoms with Gasteiger partial charge in [-0.3, -0.25) is 8.75 Å². The minimum atomic E-state index is -3.81. The second-order valence-corrected chi connectivity index (χ2v) is 6.34. The van der Waals surface area contributed by atoms with Crippen LogP contribution < -0.4 is 11.4 Å². The third-order valence-electron chi connectivity index (χ3n) is 2.90. The normalized spacial score (nSPS) is 13.6. The number of hydrogen-bond donors (Lipinski definition) is 0. The van der Waals surface area contributed by atoms with Gasteiger partial charge in [-0.15, -0.1) is 9.61 Å². The Kier molecular flexibility index (Phi) is 4.15. The van der Waals surface area contributed by atoms with Crippen LogP contribution in [0.1, 0.15) is 5.82 Å². The topological polar surface area (TPSA) is 118 Å². The van der Waals surface area contributed by atoms with Crippen molar-refractivity contribution < 1.29 is 17.0 Å². The molecule has 22 heavy (non-hydrogen) atoms. The molecular formula is C10H14FN5O5S. The van der Waals surface area contributed by atoms with Gasteiger partial charge in [-0.1, -0.05) is 0 Å². The highest BCUT2D eigenvalue weighted by atomic mass is 32.2. The Bertz CT molecular complexity index is 928. The fraction of sp³-hybridized carbons (Fsp3) is 0.600. The largest absolute Gasteiger partial charge is 0.356 e. The zero-order chi connectivity index (χ0) is 16.7. The van der Waals surface area contributed by atoms with E-state index in [2.05, 4.69) is 14.3 Å². The van der Waals surface area contributed by atoms with E-state index in [1.807, 2.05) is 0 Å². The van der Waals surface area contributed by atoms with E-state index in [1.165, 1.54) is 4.57 Å². The molecule has 2 heterocycles. The predicted molar refractivity (Wildman–Crippen MR) is 72.9 cm³/mol. The third-order valence-corrected chi connectivity index (χ3v) is 3.47. The quantitative estimate of drug-likeness (QED) is 0.592. The molecule has 0 spiro atoms. The maximum Gasteiger partial charge on any atom is 0.356 e. The highest BCUT2D eigenvalue weighted by molar-refractivity contribution is 7.85. The molecule has 2 aromatic rings. The Morgan fingerprint density at radius 1 is 1.36 bits per heavy atom. The smallest absolute Gasteiger partial charge is 0.300 e. The zero-order valence-electron chi connectivity index (χ0n) is 12.1. The summed E-state index contributed by atoms with van der Waals surface area (Å²) in [5.74, 6) is 0.477. The Hall–Kier alpha value is -2.08. The van der Waals surface area contributed by atoms with E-state index in [0.29, 0.717) is 10.4 Å². The lowest BCUT2D eigenvalue weighted by Crippen LogP contribution is -2.42. The molecule has 2 aromatic heterocycles. The summed E-state index contributed by atoms with van der Waals surface area (Å²) in [5, 5.41) is 3.90. The van der Waals surface area contributed by atoms with Crippen molar-refractivity contribution in [2.75, 3.05) is 12.9 Å². The summed E-state index contributed by atoms with van der Waals surface area (Å²) in [6.07, 6.45) is -1.10. The molecule has 122 valence electrons. The van der Waals surface area contributed by atoms with Crippen LogP contribution in [0.25, 0.3) is 5.78 Å². The van der Waals surface area contributed by atoms with Crippen molar-refractivity contribution in [1.82, 2.24) is 23.7 Å². The van der Waals surface area contributed by atoms with Crippen molar-refractivity contribution in [1.29, 1.82) is 0 Å². The van der Waals surface area contributed by atoms with Crippen molar-refractivity contribution >= 4 is 15.9 Å². The molecular weight excluding hydrogens is 321 g/mol. The molecule has 10 nitrogen and oxygen atoms in total. The lowest BCUT2D eigenvalue weighted by Gasteiger charge is -2.09. The Labute approximate surface area is 123 Å². The van der Waals surface area contributed by atoms with E-state index >= 15 is 0 Å². The maximum absolute atomic E-state index is 13.7. The third kappa shape index (κ3) is 3.22. The number of hydrogen-bond acceptors (Lipinski definition) is 7. The second-order valence-electron chi connectivity index (χ2n) is 4.69. The number of fused-ring (bicyclic) bond motifs is 1. The molecule has 12 heteroatoms. The monoisotopic (exact) mass is 335 g/mol. The van der Waals surface area contributed by atoms with E-state index < -0.39 is 40.8 Å². The van der Waals surface area contributed by atoms with Gasteiger partial charge >= 0.3 is 11.4 Å². The van der Waals surface area contributed by atoms with E-state index in [-0.39, 0.29) is 5.78 Å². The van der Waals surface area contributed by atoms with Crippen LogP contribution in [0.15, 0.2) is 9.59 Å². The Morgan fingerprint density at radius 2 is 2.00 bits per heavy atom. The Morgan fingerprint density at radius 3 is 2.59 bits per heavy atom. The number of halogens is 1. The molecule has 0 saturated carbocycles. The molecule has 0 radical (unpaired) electrons. The van der Waals surface area contributed by atoms with Gasteiger partial charge in [0.25, 0.3) is 10.1 Å². The van der Waals surface area contributed by atoms with Crippen LogP contribution in [0, 0.1) is 6.92 Å². The molecule has 0 aliphatic heterocycles. The van der Waals surface area contributed by atoms with E-state index in [1.54, 1.807) is 14.0 Å². The van der Waals surface area contributed by atoms with Gasteiger partial charge in [-0.2, -0.15) is 13.4 Å². The number of rotatable bonds is 5. The van der Waals surface area contributed by atoms with Crippen LogP contribution in [-0.2, 0) is 27.9 Å². The van der Waals surface area contributed by atoms with Crippen LogP contribution >= 0.6 is 0 Å². The van der Waals surface area contributed by atoms with Crippen LogP contribution in [-0.4, -0.2) is 51.2 Å². The van der Waals surface area contributed by atoms with Crippen molar-refractivity contribution in [3.05, 3.63) is 26.8 Å². The first-order chi connectivity index (χ1) is 10.1. The second kappa shape index (κ2) is 5.61.